The highest BCUT2D eigenvalue weighted by atomic mass is 16.7. The highest BCUT2D eigenvalue weighted by Gasteiger charge is 2.71. The zero-order valence-electron chi connectivity index (χ0n) is 23.1. The third-order valence-electron chi connectivity index (χ3n) is 7.78. The van der Waals surface area contributed by atoms with Crippen LogP contribution in [-0.4, -0.2) is 40.1 Å². The van der Waals surface area contributed by atoms with E-state index in [1.165, 1.54) is 6.92 Å². The number of rotatable bonds is 7. The Kier molecular flexibility index (Phi) is 7.78. The molecule has 1 fully saturated rings. The number of aryl methyl sites for hydroxylation is 2. The van der Waals surface area contributed by atoms with Crippen LogP contribution in [0.1, 0.15) is 56.0 Å². The summed E-state index contributed by atoms with van der Waals surface area (Å²) in [6, 6.07) is 30.8. The Bertz CT molecular complexity index is 1540. The van der Waals surface area contributed by atoms with E-state index in [1.807, 2.05) is 25.1 Å². The molecule has 4 aromatic carbocycles. The summed E-state index contributed by atoms with van der Waals surface area (Å²) < 4.78 is 18.2. The number of hydrogen-bond acceptors (Lipinski definition) is 7. The van der Waals surface area contributed by atoms with Crippen molar-refractivity contribution in [3.05, 3.63) is 143 Å². The molecule has 0 aliphatic carbocycles. The van der Waals surface area contributed by atoms with Crippen molar-refractivity contribution in [3.63, 3.8) is 0 Å². The summed E-state index contributed by atoms with van der Waals surface area (Å²) in [5, 5.41) is 24.6. The molecule has 0 spiro atoms. The number of aliphatic hydroxyl groups excluding tert-OH is 1. The third-order valence-corrected chi connectivity index (χ3v) is 7.78. The summed E-state index contributed by atoms with van der Waals surface area (Å²) in [7, 11) is 0. The normalized spacial score (nSPS) is 24.4. The maximum atomic E-state index is 13.5. The summed E-state index contributed by atoms with van der Waals surface area (Å²) >= 11 is 0. The van der Waals surface area contributed by atoms with Crippen LogP contribution in [0.2, 0.25) is 0 Å². The largest absolute Gasteiger partial charge is 0.445 e. The van der Waals surface area contributed by atoms with Crippen LogP contribution >= 0.6 is 0 Å². The van der Waals surface area contributed by atoms with Gasteiger partial charge in [-0.25, -0.2) is 9.59 Å². The number of carbonyl (C=O) groups is 2. The van der Waals surface area contributed by atoms with Gasteiger partial charge < -0.3 is 24.4 Å². The molecule has 0 amide bonds. The topological polar surface area (TPSA) is 102 Å². The molecule has 5 rings (SSSR count). The molecular weight excluding hydrogens is 520 g/mol. The second-order valence-corrected chi connectivity index (χ2v) is 10.4. The molecule has 7 heteroatoms. The fourth-order valence-corrected chi connectivity index (χ4v) is 5.46. The van der Waals surface area contributed by atoms with Gasteiger partial charge in [0, 0.05) is 0 Å². The van der Waals surface area contributed by atoms with Gasteiger partial charge in [0.2, 0.25) is 11.9 Å². The molecule has 0 saturated carbocycles. The standard InChI is InChI=1S/C34H32O7/c1-22-14-10-12-20-26(22)28(35)29-34(38,27-21-13-11-15-23(27)2)33(3,41-31(37)25-18-8-5-9-19-25)32(39-29)40-30(36)24-16-6-4-7-17-24/h4-21,28-29,32,35,38H,1-3H3/t28?,29-,32?,33+,34-/m1/s1. The molecule has 41 heavy (non-hydrogen) atoms. The van der Waals surface area contributed by atoms with E-state index in [1.54, 1.807) is 97.9 Å². The number of ether oxygens (including phenoxy) is 3. The van der Waals surface area contributed by atoms with Crippen LogP contribution < -0.4 is 0 Å². The Hall–Kier alpha value is -4.30. The maximum Gasteiger partial charge on any atom is 0.340 e. The molecule has 0 radical (unpaired) electrons. The first kappa shape index (κ1) is 28.2. The lowest BCUT2D eigenvalue weighted by molar-refractivity contribution is -0.189. The van der Waals surface area contributed by atoms with Crippen molar-refractivity contribution >= 4 is 11.9 Å². The van der Waals surface area contributed by atoms with Gasteiger partial charge in [-0.15, -0.1) is 0 Å². The van der Waals surface area contributed by atoms with Gasteiger partial charge in [-0.05, 0) is 67.3 Å². The zero-order chi connectivity index (χ0) is 29.2. The highest BCUT2D eigenvalue weighted by molar-refractivity contribution is 5.90. The van der Waals surface area contributed by atoms with E-state index >= 15 is 0 Å². The Morgan fingerprint density at radius 1 is 0.756 bits per heavy atom. The lowest BCUT2D eigenvalue weighted by atomic mass is 9.72. The van der Waals surface area contributed by atoms with Gasteiger partial charge in [-0.1, -0.05) is 84.9 Å². The van der Waals surface area contributed by atoms with Crippen LogP contribution in [0.5, 0.6) is 0 Å². The molecule has 2 unspecified atom stereocenters. The molecule has 2 N–H and O–H groups in total. The van der Waals surface area contributed by atoms with E-state index in [0.29, 0.717) is 16.7 Å². The van der Waals surface area contributed by atoms with Crippen molar-refractivity contribution in [1.29, 1.82) is 0 Å². The molecule has 4 aromatic rings. The average Bonchev–Trinajstić information content (AvgIpc) is 3.20. The van der Waals surface area contributed by atoms with E-state index in [-0.39, 0.29) is 11.1 Å². The van der Waals surface area contributed by atoms with E-state index in [0.717, 1.165) is 5.56 Å². The van der Waals surface area contributed by atoms with Crippen LogP contribution in [0.15, 0.2) is 109 Å². The first-order valence-corrected chi connectivity index (χ1v) is 13.4. The highest BCUT2D eigenvalue weighted by Crippen LogP contribution is 2.54. The average molecular weight is 553 g/mol. The SMILES string of the molecule is Cc1ccccc1C(O)[C@H]1OC(OC(=O)c2ccccc2)[C@](C)(OC(=O)c2ccccc2)[C@@]1(O)c1ccccc1C. The van der Waals surface area contributed by atoms with Crippen molar-refractivity contribution in [3.8, 4) is 0 Å². The second kappa shape index (κ2) is 11.3. The Morgan fingerprint density at radius 3 is 1.85 bits per heavy atom. The van der Waals surface area contributed by atoms with Gasteiger partial charge in [-0.3, -0.25) is 0 Å². The number of carbonyl (C=O) groups excluding carboxylic acids is 2. The van der Waals surface area contributed by atoms with Gasteiger partial charge in [0.25, 0.3) is 0 Å². The summed E-state index contributed by atoms with van der Waals surface area (Å²) in [4.78, 5) is 26.8. The monoisotopic (exact) mass is 552 g/mol. The molecule has 1 heterocycles. The van der Waals surface area contributed by atoms with E-state index in [4.69, 9.17) is 14.2 Å². The molecule has 0 aromatic heterocycles. The minimum atomic E-state index is -2.16. The van der Waals surface area contributed by atoms with Gasteiger partial charge >= 0.3 is 11.9 Å². The Morgan fingerprint density at radius 2 is 1.27 bits per heavy atom. The van der Waals surface area contributed by atoms with E-state index in [2.05, 4.69) is 0 Å². The lowest BCUT2D eigenvalue weighted by Gasteiger charge is -2.42. The first-order valence-electron chi connectivity index (χ1n) is 13.4. The van der Waals surface area contributed by atoms with E-state index < -0.39 is 41.6 Å². The molecule has 1 aliphatic heterocycles. The zero-order valence-corrected chi connectivity index (χ0v) is 23.1. The fraction of sp³-hybridized carbons (Fsp3) is 0.235. The van der Waals surface area contributed by atoms with Crippen molar-refractivity contribution < 1.29 is 34.0 Å². The minimum Gasteiger partial charge on any atom is -0.445 e. The number of benzene rings is 4. The molecule has 0 bridgehead atoms. The van der Waals surface area contributed by atoms with Gasteiger partial charge in [-0.2, -0.15) is 0 Å². The Balaban J connectivity index is 1.67. The fourth-order valence-electron chi connectivity index (χ4n) is 5.46. The molecule has 1 aliphatic rings. The number of hydrogen-bond donors (Lipinski definition) is 2. The third kappa shape index (κ3) is 5.04. The number of aliphatic hydroxyl groups is 2. The van der Waals surface area contributed by atoms with Crippen LogP contribution in [0.25, 0.3) is 0 Å². The summed E-state index contributed by atoms with van der Waals surface area (Å²) in [5.41, 5.74) is -1.37. The smallest absolute Gasteiger partial charge is 0.340 e. The predicted molar refractivity (Wildman–Crippen MR) is 152 cm³/mol. The summed E-state index contributed by atoms with van der Waals surface area (Å²) in [6.07, 6.45) is -4.36. The van der Waals surface area contributed by atoms with Crippen molar-refractivity contribution in [1.82, 2.24) is 0 Å². The van der Waals surface area contributed by atoms with Crippen LogP contribution in [-0.2, 0) is 19.8 Å². The van der Waals surface area contributed by atoms with Gasteiger partial charge in [0.15, 0.2) is 5.60 Å². The molecule has 5 atom stereocenters. The van der Waals surface area contributed by atoms with Gasteiger partial charge in [0.1, 0.15) is 12.2 Å². The van der Waals surface area contributed by atoms with E-state index in [9.17, 15) is 19.8 Å². The molecule has 210 valence electrons. The Labute approximate surface area is 238 Å². The van der Waals surface area contributed by atoms with Crippen LogP contribution in [0.3, 0.4) is 0 Å². The minimum absolute atomic E-state index is 0.233. The van der Waals surface area contributed by atoms with Crippen molar-refractivity contribution in [2.45, 2.75) is 50.5 Å². The second-order valence-electron chi connectivity index (χ2n) is 10.4. The summed E-state index contributed by atoms with van der Waals surface area (Å²) in [5.74, 6) is -1.49. The molecule has 7 nitrogen and oxygen atoms in total. The first-order chi connectivity index (χ1) is 19.7. The molecule has 1 saturated heterocycles. The van der Waals surface area contributed by atoms with Gasteiger partial charge in [0.05, 0.1) is 11.1 Å². The quantitative estimate of drug-likeness (QED) is 0.295. The van der Waals surface area contributed by atoms with Crippen molar-refractivity contribution in [2.24, 2.45) is 0 Å². The maximum absolute atomic E-state index is 13.5. The van der Waals surface area contributed by atoms with Crippen LogP contribution in [0, 0.1) is 13.8 Å². The summed E-state index contributed by atoms with van der Waals surface area (Å²) in [6.45, 7) is 5.10. The molecular formula is C34H32O7. The van der Waals surface area contributed by atoms with Crippen molar-refractivity contribution in [2.75, 3.05) is 0 Å². The lowest BCUT2D eigenvalue weighted by Crippen LogP contribution is -2.59. The predicted octanol–water partition coefficient (Wildman–Crippen LogP) is 5.42. The number of esters is 2. The van der Waals surface area contributed by atoms with Crippen LogP contribution in [0.4, 0.5) is 0 Å².